The lowest BCUT2D eigenvalue weighted by atomic mass is 10.1. The summed E-state index contributed by atoms with van der Waals surface area (Å²) in [5.74, 6) is -0.600. The first-order valence-electron chi connectivity index (χ1n) is 8.72. The zero-order valence-corrected chi connectivity index (χ0v) is 16.0. The Labute approximate surface area is 154 Å². The lowest BCUT2D eigenvalue weighted by Crippen LogP contribution is -2.49. The zero-order valence-electron chi connectivity index (χ0n) is 15.2. The van der Waals surface area contributed by atoms with Gasteiger partial charge in [-0.05, 0) is 31.4 Å². The fourth-order valence-corrected chi connectivity index (χ4v) is 3.70. The summed E-state index contributed by atoms with van der Waals surface area (Å²) in [4.78, 5) is 25.2. The molecule has 2 amide bonds. The highest BCUT2D eigenvalue weighted by atomic mass is 32.2. The van der Waals surface area contributed by atoms with E-state index in [-0.39, 0.29) is 24.1 Å². The van der Waals surface area contributed by atoms with E-state index < -0.39 is 21.8 Å². The predicted molar refractivity (Wildman–Crippen MR) is 99.0 cm³/mol. The van der Waals surface area contributed by atoms with Crippen molar-refractivity contribution in [2.45, 2.75) is 44.2 Å². The second kappa shape index (κ2) is 9.02. The molecule has 0 saturated heterocycles. The van der Waals surface area contributed by atoms with E-state index in [9.17, 15) is 18.0 Å². The van der Waals surface area contributed by atoms with Crippen molar-refractivity contribution in [3.05, 3.63) is 29.8 Å². The SMILES string of the molecule is COc1ccccc1C(=O)N[C@H](CCS(C)(=O)=O)C(=O)NC1CCCC1. The number of rotatable bonds is 8. The summed E-state index contributed by atoms with van der Waals surface area (Å²) < 4.78 is 28.2. The van der Waals surface area contributed by atoms with E-state index in [1.165, 1.54) is 7.11 Å². The highest BCUT2D eigenvalue weighted by molar-refractivity contribution is 7.90. The summed E-state index contributed by atoms with van der Waals surface area (Å²) in [6.07, 6.45) is 5.08. The Kier molecular flexibility index (Phi) is 7.02. The van der Waals surface area contributed by atoms with E-state index in [0.29, 0.717) is 11.3 Å². The summed E-state index contributed by atoms with van der Waals surface area (Å²) in [7, 11) is -1.79. The molecule has 1 aromatic rings. The number of hydrogen-bond acceptors (Lipinski definition) is 5. The van der Waals surface area contributed by atoms with Crippen LogP contribution in [-0.2, 0) is 14.6 Å². The van der Waals surface area contributed by atoms with E-state index in [2.05, 4.69) is 10.6 Å². The molecule has 1 aromatic carbocycles. The van der Waals surface area contributed by atoms with Crippen LogP contribution in [0.15, 0.2) is 24.3 Å². The lowest BCUT2D eigenvalue weighted by molar-refractivity contribution is -0.123. The third-order valence-electron chi connectivity index (χ3n) is 4.45. The maximum absolute atomic E-state index is 12.6. The molecule has 0 unspecified atom stereocenters. The number of methoxy groups -OCH3 is 1. The van der Waals surface area contributed by atoms with Crippen LogP contribution in [-0.4, -0.2) is 51.4 Å². The third kappa shape index (κ3) is 6.01. The van der Waals surface area contributed by atoms with Crippen molar-refractivity contribution >= 4 is 21.7 Å². The molecular weight excluding hydrogens is 356 g/mol. The average Bonchev–Trinajstić information content (AvgIpc) is 3.10. The second-order valence-corrected chi connectivity index (χ2v) is 8.89. The first-order chi connectivity index (χ1) is 12.3. The minimum absolute atomic E-state index is 0.0261. The first kappa shape index (κ1) is 20.2. The van der Waals surface area contributed by atoms with Crippen molar-refractivity contribution in [3.8, 4) is 5.75 Å². The predicted octanol–water partition coefficient (Wildman–Crippen LogP) is 1.29. The van der Waals surface area contributed by atoms with Crippen LogP contribution in [0.25, 0.3) is 0 Å². The fourth-order valence-electron chi connectivity index (χ4n) is 3.04. The van der Waals surface area contributed by atoms with Gasteiger partial charge >= 0.3 is 0 Å². The molecule has 0 heterocycles. The number of nitrogens with one attached hydrogen (secondary N) is 2. The minimum Gasteiger partial charge on any atom is -0.496 e. The summed E-state index contributed by atoms with van der Waals surface area (Å²) in [5, 5.41) is 5.58. The van der Waals surface area contributed by atoms with E-state index in [1.807, 2.05) is 0 Å². The molecule has 0 bridgehead atoms. The molecule has 7 nitrogen and oxygen atoms in total. The van der Waals surface area contributed by atoms with Crippen molar-refractivity contribution in [2.24, 2.45) is 0 Å². The van der Waals surface area contributed by atoms with Crippen LogP contribution < -0.4 is 15.4 Å². The van der Waals surface area contributed by atoms with Gasteiger partial charge in [0.15, 0.2) is 0 Å². The number of amides is 2. The van der Waals surface area contributed by atoms with Crippen LogP contribution >= 0.6 is 0 Å². The van der Waals surface area contributed by atoms with Gasteiger partial charge in [0.1, 0.15) is 21.6 Å². The van der Waals surface area contributed by atoms with Crippen LogP contribution in [0.5, 0.6) is 5.75 Å². The van der Waals surface area contributed by atoms with Gasteiger partial charge in [0.25, 0.3) is 5.91 Å². The summed E-state index contributed by atoms with van der Waals surface area (Å²) in [5.41, 5.74) is 0.299. The van der Waals surface area contributed by atoms with Gasteiger partial charge < -0.3 is 15.4 Å². The van der Waals surface area contributed by atoms with Crippen LogP contribution in [0.4, 0.5) is 0 Å². The molecule has 0 aliphatic heterocycles. The second-order valence-electron chi connectivity index (χ2n) is 6.63. The Morgan fingerprint density at radius 3 is 2.50 bits per heavy atom. The van der Waals surface area contributed by atoms with Crippen LogP contribution in [0.3, 0.4) is 0 Å². The standard InChI is InChI=1S/C18H26N2O5S/c1-25-16-10-6-5-9-14(16)17(21)20-15(11-12-26(2,23)24)18(22)19-13-7-3-4-8-13/h5-6,9-10,13,15H,3-4,7-8,11-12H2,1-2H3,(H,19,22)(H,20,21)/t15-/m1/s1. The van der Waals surface area contributed by atoms with Gasteiger partial charge in [-0.25, -0.2) is 8.42 Å². The lowest BCUT2D eigenvalue weighted by Gasteiger charge is -2.21. The molecular formula is C18H26N2O5S. The molecule has 2 rings (SSSR count). The average molecular weight is 382 g/mol. The highest BCUT2D eigenvalue weighted by Gasteiger charge is 2.27. The van der Waals surface area contributed by atoms with E-state index in [1.54, 1.807) is 24.3 Å². The number of sulfone groups is 1. The fraction of sp³-hybridized carbons (Fsp3) is 0.556. The Morgan fingerprint density at radius 1 is 1.23 bits per heavy atom. The minimum atomic E-state index is -3.25. The Hall–Kier alpha value is -2.09. The van der Waals surface area contributed by atoms with E-state index in [4.69, 9.17) is 4.74 Å². The normalized spacial score (nSPS) is 16.1. The summed E-state index contributed by atoms with van der Waals surface area (Å²) in [6.45, 7) is 0. The maximum Gasteiger partial charge on any atom is 0.255 e. The molecule has 0 spiro atoms. The number of benzene rings is 1. The number of carbonyl (C=O) groups excluding carboxylic acids is 2. The molecule has 26 heavy (non-hydrogen) atoms. The largest absolute Gasteiger partial charge is 0.496 e. The molecule has 1 saturated carbocycles. The van der Waals surface area contributed by atoms with Gasteiger partial charge in [0.05, 0.1) is 18.4 Å². The zero-order chi connectivity index (χ0) is 19.2. The van der Waals surface area contributed by atoms with Crippen molar-refractivity contribution in [1.29, 1.82) is 0 Å². The van der Waals surface area contributed by atoms with Gasteiger partial charge in [0, 0.05) is 12.3 Å². The molecule has 1 atom stereocenters. The smallest absolute Gasteiger partial charge is 0.255 e. The van der Waals surface area contributed by atoms with Crippen molar-refractivity contribution < 1.29 is 22.7 Å². The van der Waals surface area contributed by atoms with Crippen LogP contribution in [0, 0.1) is 0 Å². The molecule has 0 radical (unpaired) electrons. The molecule has 8 heteroatoms. The summed E-state index contributed by atoms with van der Waals surface area (Å²) >= 11 is 0. The van der Waals surface area contributed by atoms with Gasteiger partial charge in [-0.1, -0.05) is 25.0 Å². The Balaban J connectivity index is 2.11. The van der Waals surface area contributed by atoms with E-state index in [0.717, 1.165) is 31.9 Å². The topological polar surface area (TPSA) is 102 Å². The maximum atomic E-state index is 12.6. The van der Waals surface area contributed by atoms with Crippen LogP contribution in [0.1, 0.15) is 42.5 Å². The number of hydrogen-bond donors (Lipinski definition) is 2. The Morgan fingerprint density at radius 2 is 1.88 bits per heavy atom. The molecule has 0 aromatic heterocycles. The first-order valence-corrected chi connectivity index (χ1v) is 10.8. The number of para-hydroxylation sites is 1. The molecule has 1 aliphatic rings. The third-order valence-corrected chi connectivity index (χ3v) is 5.43. The monoisotopic (exact) mass is 382 g/mol. The van der Waals surface area contributed by atoms with E-state index >= 15 is 0 Å². The Bertz CT molecular complexity index is 742. The molecule has 2 N–H and O–H groups in total. The quantitative estimate of drug-likeness (QED) is 0.705. The summed E-state index contributed by atoms with van der Waals surface area (Å²) in [6, 6.07) is 5.86. The molecule has 1 aliphatic carbocycles. The van der Waals surface area contributed by atoms with Crippen molar-refractivity contribution in [1.82, 2.24) is 10.6 Å². The number of carbonyl (C=O) groups is 2. The van der Waals surface area contributed by atoms with Gasteiger partial charge in [0.2, 0.25) is 5.91 Å². The van der Waals surface area contributed by atoms with Crippen LogP contribution in [0.2, 0.25) is 0 Å². The van der Waals surface area contributed by atoms with Gasteiger partial charge in [-0.3, -0.25) is 9.59 Å². The molecule has 1 fully saturated rings. The number of ether oxygens (including phenoxy) is 1. The van der Waals surface area contributed by atoms with Gasteiger partial charge in [-0.2, -0.15) is 0 Å². The molecule has 144 valence electrons. The highest BCUT2D eigenvalue weighted by Crippen LogP contribution is 2.19. The van der Waals surface area contributed by atoms with Gasteiger partial charge in [-0.15, -0.1) is 0 Å². The van der Waals surface area contributed by atoms with Crippen molar-refractivity contribution in [2.75, 3.05) is 19.1 Å². The van der Waals surface area contributed by atoms with Crippen molar-refractivity contribution in [3.63, 3.8) is 0 Å².